The Morgan fingerprint density at radius 1 is 0.966 bits per heavy atom. The number of anilines is 2. The second-order valence-corrected chi connectivity index (χ2v) is 7.22. The zero-order chi connectivity index (χ0) is 20.6. The second kappa shape index (κ2) is 9.80. The average Bonchev–Trinajstić information content (AvgIpc) is 3.23. The van der Waals surface area contributed by atoms with E-state index in [0.29, 0.717) is 6.54 Å². The van der Waals surface area contributed by atoms with Gasteiger partial charge in [0.05, 0.1) is 12.3 Å². The molecule has 2 N–H and O–H groups in total. The summed E-state index contributed by atoms with van der Waals surface area (Å²) in [4.78, 5) is 16.5. The van der Waals surface area contributed by atoms with E-state index in [0.717, 1.165) is 23.7 Å². The Morgan fingerprint density at radius 3 is 2.31 bits per heavy atom. The van der Waals surface area contributed by atoms with E-state index in [1.807, 2.05) is 73.6 Å². The molecule has 6 nitrogen and oxygen atoms in total. The number of furan rings is 1. The molecule has 29 heavy (non-hydrogen) atoms. The van der Waals surface area contributed by atoms with Crippen molar-refractivity contribution in [3.05, 3.63) is 84.3 Å². The van der Waals surface area contributed by atoms with E-state index >= 15 is 0 Å². The Morgan fingerprint density at radius 2 is 1.69 bits per heavy atom. The third-order valence-corrected chi connectivity index (χ3v) is 4.78. The number of benzene rings is 2. The van der Waals surface area contributed by atoms with Crippen LogP contribution in [0, 0.1) is 0 Å². The first kappa shape index (κ1) is 20.5. The normalized spacial score (nSPS) is 11.9. The van der Waals surface area contributed by atoms with Crippen LogP contribution in [0.15, 0.2) is 77.4 Å². The molecule has 0 saturated carbocycles. The SMILES string of the molecule is CN(Cc1ccccc1)c1ccc(NC(=O)NCC(c2ccco2)N(C)C)cc1. The van der Waals surface area contributed by atoms with Crippen LogP contribution in [0.4, 0.5) is 16.2 Å². The lowest BCUT2D eigenvalue weighted by atomic mass is 10.2. The third-order valence-electron chi connectivity index (χ3n) is 4.78. The van der Waals surface area contributed by atoms with Crippen LogP contribution in [0.25, 0.3) is 0 Å². The molecule has 6 heteroatoms. The molecular weight excluding hydrogens is 364 g/mol. The van der Waals surface area contributed by atoms with Crippen molar-refractivity contribution in [2.24, 2.45) is 0 Å². The summed E-state index contributed by atoms with van der Waals surface area (Å²) in [5.74, 6) is 0.820. The largest absolute Gasteiger partial charge is 0.468 e. The maximum Gasteiger partial charge on any atom is 0.319 e. The molecule has 3 aromatic rings. The summed E-state index contributed by atoms with van der Waals surface area (Å²) < 4.78 is 5.47. The summed E-state index contributed by atoms with van der Waals surface area (Å²) in [6.45, 7) is 1.27. The minimum Gasteiger partial charge on any atom is -0.468 e. The van der Waals surface area contributed by atoms with E-state index in [2.05, 4.69) is 34.7 Å². The van der Waals surface area contributed by atoms with Crippen LogP contribution >= 0.6 is 0 Å². The number of nitrogens with zero attached hydrogens (tertiary/aromatic N) is 2. The predicted octanol–water partition coefficient (Wildman–Crippen LogP) is 4.34. The second-order valence-electron chi connectivity index (χ2n) is 7.22. The van der Waals surface area contributed by atoms with E-state index in [9.17, 15) is 4.79 Å². The summed E-state index contributed by atoms with van der Waals surface area (Å²) in [7, 11) is 5.97. The van der Waals surface area contributed by atoms with Crippen molar-refractivity contribution in [1.29, 1.82) is 0 Å². The highest BCUT2D eigenvalue weighted by Gasteiger charge is 2.17. The van der Waals surface area contributed by atoms with Crippen molar-refractivity contribution in [2.75, 3.05) is 37.9 Å². The van der Waals surface area contributed by atoms with E-state index in [1.165, 1.54) is 5.56 Å². The maximum atomic E-state index is 12.3. The average molecular weight is 393 g/mol. The van der Waals surface area contributed by atoms with E-state index < -0.39 is 0 Å². The Hall–Kier alpha value is -3.25. The zero-order valence-electron chi connectivity index (χ0n) is 17.1. The van der Waals surface area contributed by atoms with E-state index in [1.54, 1.807) is 6.26 Å². The molecule has 0 spiro atoms. The van der Waals surface area contributed by atoms with Gasteiger partial charge in [0.25, 0.3) is 0 Å². The molecular formula is C23H28N4O2. The molecule has 2 aromatic carbocycles. The zero-order valence-corrected chi connectivity index (χ0v) is 17.1. The summed E-state index contributed by atoms with van der Waals surface area (Å²) in [5.41, 5.74) is 3.09. The van der Waals surface area contributed by atoms with Gasteiger partial charge >= 0.3 is 6.03 Å². The van der Waals surface area contributed by atoms with Gasteiger partial charge in [0.15, 0.2) is 0 Å². The summed E-state index contributed by atoms with van der Waals surface area (Å²) in [6, 6.07) is 21.6. The standard InChI is InChI=1S/C23H28N4O2/c1-26(2)21(22-10-7-15-29-22)16-24-23(28)25-19-11-13-20(14-12-19)27(3)17-18-8-5-4-6-9-18/h4-15,21H,16-17H2,1-3H3,(H2,24,25,28). The van der Waals surface area contributed by atoms with Crippen LogP contribution in [-0.2, 0) is 6.54 Å². The lowest BCUT2D eigenvalue weighted by Gasteiger charge is -2.22. The lowest BCUT2D eigenvalue weighted by molar-refractivity contribution is 0.233. The maximum absolute atomic E-state index is 12.3. The number of hydrogen-bond donors (Lipinski definition) is 2. The van der Waals surface area contributed by atoms with Gasteiger partial charge in [-0.25, -0.2) is 4.79 Å². The van der Waals surface area contributed by atoms with Gasteiger partial charge in [0.1, 0.15) is 5.76 Å². The Bertz CT molecular complexity index is 877. The van der Waals surface area contributed by atoms with Gasteiger partial charge in [-0.3, -0.25) is 4.90 Å². The first-order valence-corrected chi connectivity index (χ1v) is 9.63. The molecule has 0 saturated heterocycles. The van der Waals surface area contributed by atoms with Crippen LogP contribution in [0.5, 0.6) is 0 Å². The van der Waals surface area contributed by atoms with Crippen LogP contribution in [-0.4, -0.2) is 38.6 Å². The van der Waals surface area contributed by atoms with Gasteiger partial charge in [-0.1, -0.05) is 30.3 Å². The van der Waals surface area contributed by atoms with Crippen LogP contribution < -0.4 is 15.5 Å². The van der Waals surface area contributed by atoms with Crippen LogP contribution in [0.1, 0.15) is 17.4 Å². The molecule has 0 fully saturated rings. The van der Waals surface area contributed by atoms with E-state index in [4.69, 9.17) is 4.42 Å². The topological polar surface area (TPSA) is 60.8 Å². The van der Waals surface area contributed by atoms with Crippen molar-refractivity contribution in [1.82, 2.24) is 10.2 Å². The van der Waals surface area contributed by atoms with Crippen molar-refractivity contribution in [2.45, 2.75) is 12.6 Å². The fourth-order valence-electron chi connectivity index (χ4n) is 3.13. The number of likely N-dealkylation sites (N-methyl/N-ethyl adjacent to an activating group) is 1. The highest BCUT2D eigenvalue weighted by Crippen LogP contribution is 2.20. The fourth-order valence-corrected chi connectivity index (χ4v) is 3.13. The molecule has 2 amide bonds. The summed E-state index contributed by atoms with van der Waals surface area (Å²) in [5, 5.41) is 5.79. The first-order chi connectivity index (χ1) is 14.0. The Labute approximate surface area is 172 Å². The number of rotatable bonds is 8. The Balaban J connectivity index is 1.51. The van der Waals surface area contributed by atoms with Gasteiger partial charge in [-0.15, -0.1) is 0 Å². The van der Waals surface area contributed by atoms with Crippen molar-refractivity contribution in [3.63, 3.8) is 0 Å². The van der Waals surface area contributed by atoms with E-state index in [-0.39, 0.29) is 12.1 Å². The Kier molecular flexibility index (Phi) is 6.92. The van der Waals surface area contributed by atoms with Gasteiger partial charge in [0.2, 0.25) is 0 Å². The summed E-state index contributed by atoms with van der Waals surface area (Å²) >= 11 is 0. The molecule has 0 aliphatic carbocycles. The molecule has 0 radical (unpaired) electrons. The van der Waals surface area contributed by atoms with Gasteiger partial charge in [-0.2, -0.15) is 0 Å². The monoisotopic (exact) mass is 392 g/mol. The third kappa shape index (κ3) is 5.86. The molecule has 0 bridgehead atoms. The quantitative estimate of drug-likeness (QED) is 0.599. The number of urea groups is 1. The van der Waals surface area contributed by atoms with Crippen molar-refractivity contribution >= 4 is 17.4 Å². The molecule has 0 aliphatic rings. The smallest absolute Gasteiger partial charge is 0.319 e. The fraction of sp³-hybridized carbons (Fsp3) is 0.261. The van der Waals surface area contributed by atoms with Gasteiger partial charge in [-0.05, 0) is 56.1 Å². The van der Waals surface area contributed by atoms with Crippen LogP contribution in [0.2, 0.25) is 0 Å². The minimum atomic E-state index is -0.242. The molecule has 1 aromatic heterocycles. The number of carbonyl (C=O) groups is 1. The first-order valence-electron chi connectivity index (χ1n) is 9.63. The van der Waals surface area contributed by atoms with Crippen LogP contribution in [0.3, 0.4) is 0 Å². The molecule has 1 unspecified atom stereocenters. The molecule has 152 valence electrons. The molecule has 1 atom stereocenters. The minimum absolute atomic E-state index is 0.0234. The highest BCUT2D eigenvalue weighted by atomic mass is 16.3. The number of hydrogen-bond acceptors (Lipinski definition) is 4. The highest BCUT2D eigenvalue weighted by molar-refractivity contribution is 5.89. The summed E-state index contributed by atoms with van der Waals surface area (Å²) in [6.07, 6.45) is 1.64. The van der Waals surface area contributed by atoms with Crippen molar-refractivity contribution < 1.29 is 9.21 Å². The lowest BCUT2D eigenvalue weighted by Crippen LogP contribution is -2.36. The number of nitrogens with one attached hydrogen (secondary N) is 2. The number of amides is 2. The van der Waals surface area contributed by atoms with Gasteiger partial charge < -0.3 is 20.0 Å². The number of carbonyl (C=O) groups excluding carboxylic acids is 1. The molecule has 0 aliphatic heterocycles. The predicted molar refractivity (Wildman–Crippen MR) is 117 cm³/mol. The molecule has 3 rings (SSSR count). The molecule has 1 heterocycles. The van der Waals surface area contributed by atoms with Gasteiger partial charge in [0, 0.05) is 31.5 Å². The van der Waals surface area contributed by atoms with Crippen molar-refractivity contribution in [3.8, 4) is 0 Å².